The first-order valence-electron chi connectivity index (χ1n) is 6.41. The number of fused-ring (bicyclic) bond motifs is 1. The van der Waals surface area contributed by atoms with Crippen LogP contribution in [0, 0.1) is 0 Å². The van der Waals surface area contributed by atoms with Crippen molar-refractivity contribution in [3.05, 3.63) is 59.5 Å². The first-order valence-corrected chi connectivity index (χ1v) is 6.41. The molecule has 0 saturated heterocycles. The van der Waals surface area contributed by atoms with E-state index < -0.39 is 0 Å². The minimum atomic E-state index is 0.261. The lowest BCUT2D eigenvalue weighted by molar-refractivity contribution is 0.183. The molecule has 1 aromatic carbocycles. The highest BCUT2D eigenvalue weighted by atomic mass is 16.3. The van der Waals surface area contributed by atoms with Gasteiger partial charge in [0.15, 0.2) is 0 Å². The first-order chi connectivity index (χ1) is 8.88. The van der Waals surface area contributed by atoms with E-state index in [0.717, 1.165) is 19.5 Å². The summed E-state index contributed by atoms with van der Waals surface area (Å²) in [6.07, 6.45) is 4.62. The zero-order valence-corrected chi connectivity index (χ0v) is 10.4. The van der Waals surface area contributed by atoms with Crippen LogP contribution in [0.15, 0.2) is 47.3 Å². The fourth-order valence-corrected chi connectivity index (χ4v) is 2.74. The molecular weight excluding hydrogens is 224 g/mol. The van der Waals surface area contributed by atoms with Gasteiger partial charge in [-0.05, 0) is 23.6 Å². The van der Waals surface area contributed by atoms with E-state index in [0.29, 0.717) is 6.54 Å². The Morgan fingerprint density at radius 2 is 2.06 bits per heavy atom. The Balaban J connectivity index is 1.82. The van der Waals surface area contributed by atoms with Crippen LogP contribution in [0.4, 0.5) is 0 Å². The Morgan fingerprint density at radius 1 is 1.22 bits per heavy atom. The molecule has 1 atom stereocenters. The van der Waals surface area contributed by atoms with E-state index in [9.17, 15) is 0 Å². The summed E-state index contributed by atoms with van der Waals surface area (Å²) >= 11 is 0. The summed E-state index contributed by atoms with van der Waals surface area (Å²) in [6.45, 7) is 2.66. The molecule has 3 heteroatoms. The van der Waals surface area contributed by atoms with Crippen molar-refractivity contribution in [1.29, 1.82) is 0 Å². The number of hydrogen-bond donors (Lipinski definition) is 1. The number of hydrogen-bond acceptors (Lipinski definition) is 3. The summed E-state index contributed by atoms with van der Waals surface area (Å²) in [7, 11) is 0. The predicted octanol–water partition coefficient (Wildman–Crippen LogP) is 2.34. The molecule has 1 unspecified atom stereocenters. The predicted molar refractivity (Wildman–Crippen MR) is 71.1 cm³/mol. The topological polar surface area (TPSA) is 42.4 Å². The van der Waals surface area contributed by atoms with Crippen LogP contribution in [0.3, 0.4) is 0 Å². The molecule has 3 rings (SSSR count). The lowest BCUT2D eigenvalue weighted by Gasteiger charge is -2.34. The molecule has 94 valence electrons. The van der Waals surface area contributed by atoms with Crippen LogP contribution in [-0.4, -0.2) is 18.0 Å². The Kier molecular flexibility index (Phi) is 3.17. The van der Waals surface area contributed by atoms with E-state index in [2.05, 4.69) is 29.2 Å². The third-order valence-electron chi connectivity index (χ3n) is 3.75. The van der Waals surface area contributed by atoms with Gasteiger partial charge < -0.3 is 10.2 Å². The molecule has 1 aliphatic rings. The van der Waals surface area contributed by atoms with Gasteiger partial charge in [0, 0.05) is 25.2 Å². The van der Waals surface area contributed by atoms with Gasteiger partial charge in [0.2, 0.25) is 0 Å². The fourth-order valence-electron chi connectivity index (χ4n) is 2.74. The van der Waals surface area contributed by atoms with Crippen LogP contribution >= 0.6 is 0 Å². The zero-order chi connectivity index (χ0) is 12.4. The summed E-state index contributed by atoms with van der Waals surface area (Å²) < 4.78 is 5.18. The monoisotopic (exact) mass is 242 g/mol. The molecule has 0 saturated carbocycles. The highest BCUT2D eigenvalue weighted by molar-refractivity contribution is 5.29. The van der Waals surface area contributed by atoms with Gasteiger partial charge in [0.25, 0.3) is 0 Å². The molecule has 1 aliphatic heterocycles. The van der Waals surface area contributed by atoms with Crippen molar-refractivity contribution in [3.8, 4) is 0 Å². The Bertz CT molecular complexity index is 507. The van der Waals surface area contributed by atoms with Crippen LogP contribution in [0.25, 0.3) is 0 Å². The second kappa shape index (κ2) is 4.96. The van der Waals surface area contributed by atoms with E-state index in [1.54, 1.807) is 12.5 Å². The highest BCUT2D eigenvalue weighted by Gasteiger charge is 2.24. The van der Waals surface area contributed by atoms with Gasteiger partial charge in [0.05, 0.1) is 18.6 Å². The third kappa shape index (κ3) is 2.07. The molecule has 0 aliphatic carbocycles. The van der Waals surface area contributed by atoms with Gasteiger partial charge in [-0.1, -0.05) is 24.3 Å². The van der Waals surface area contributed by atoms with Gasteiger partial charge >= 0.3 is 0 Å². The number of benzene rings is 1. The van der Waals surface area contributed by atoms with Crippen LogP contribution in [0.1, 0.15) is 22.7 Å². The number of furan rings is 1. The molecule has 2 aromatic rings. The van der Waals surface area contributed by atoms with Gasteiger partial charge in [-0.3, -0.25) is 4.90 Å². The molecule has 0 spiro atoms. The fraction of sp³-hybridized carbons (Fsp3) is 0.333. The van der Waals surface area contributed by atoms with Gasteiger partial charge in [-0.2, -0.15) is 0 Å². The standard InChI is InChI=1S/C15H18N2O/c16-9-15(14-6-8-18-11-14)17-7-5-12-3-1-2-4-13(12)10-17/h1-4,6,8,11,15H,5,7,9-10,16H2. The van der Waals surface area contributed by atoms with Crippen molar-refractivity contribution in [2.24, 2.45) is 5.73 Å². The minimum Gasteiger partial charge on any atom is -0.472 e. The normalized spacial score (nSPS) is 17.4. The molecular formula is C15H18N2O. The van der Waals surface area contributed by atoms with Crippen LogP contribution in [0.2, 0.25) is 0 Å². The van der Waals surface area contributed by atoms with E-state index in [1.165, 1.54) is 16.7 Å². The SMILES string of the molecule is NCC(c1ccoc1)N1CCc2ccccc2C1. The second-order valence-electron chi connectivity index (χ2n) is 4.80. The molecule has 0 radical (unpaired) electrons. The first kappa shape index (κ1) is 11.5. The van der Waals surface area contributed by atoms with Crippen molar-refractivity contribution >= 4 is 0 Å². The maximum atomic E-state index is 5.93. The van der Waals surface area contributed by atoms with Crippen molar-refractivity contribution < 1.29 is 4.42 Å². The number of nitrogens with zero attached hydrogens (tertiary/aromatic N) is 1. The van der Waals surface area contributed by atoms with Gasteiger partial charge in [0.1, 0.15) is 0 Å². The molecule has 0 amide bonds. The molecule has 18 heavy (non-hydrogen) atoms. The second-order valence-corrected chi connectivity index (χ2v) is 4.80. The summed E-state index contributed by atoms with van der Waals surface area (Å²) in [5.74, 6) is 0. The average molecular weight is 242 g/mol. The maximum absolute atomic E-state index is 5.93. The van der Waals surface area contributed by atoms with Crippen LogP contribution in [-0.2, 0) is 13.0 Å². The van der Waals surface area contributed by atoms with Crippen molar-refractivity contribution in [3.63, 3.8) is 0 Å². The average Bonchev–Trinajstić information content (AvgIpc) is 2.93. The summed E-state index contributed by atoms with van der Waals surface area (Å²) in [6, 6.07) is 10.9. The summed E-state index contributed by atoms with van der Waals surface area (Å²) in [5.41, 5.74) is 10.0. The molecule has 2 heterocycles. The third-order valence-corrected chi connectivity index (χ3v) is 3.75. The number of rotatable bonds is 3. The van der Waals surface area contributed by atoms with E-state index in [1.807, 2.05) is 6.07 Å². The summed E-state index contributed by atoms with van der Waals surface area (Å²) in [4.78, 5) is 2.44. The van der Waals surface area contributed by atoms with Crippen molar-refractivity contribution in [1.82, 2.24) is 4.90 Å². The van der Waals surface area contributed by atoms with Crippen molar-refractivity contribution in [2.45, 2.75) is 19.0 Å². The Hall–Kier alpha value is -1.58. The Labute approximate surface area is 107 Å². The smallest absolute Gasteiger partial charge is 0.0950 e. The van der Waals surface area contributed by atoms with E-state index >= 15 is 0 Å². The zero-order valence-electron chi connectivity index (χ0n) is 10.4. The lowest BCUT2D eigenvalue weighted by Crippen LogP contribution is -2.37. The number of nitrogens with two attached hydrogens (primary N) is 1. The van der Waals surface area contributed by atoms with E-state index in [4.69, 9.17) is 10.2 Å². The molecule has 3 nitrogen and oxygen atoms in total. The summed E-state index contributed by atoms with van der Waals surface area (Å²) in [5, 5.41) is 0. The van der Waals surface area contributed by atoms with Gasteiger partial charge in [-0.25, -0.2) is 0 Å². The van der Waals surface area contributed by atoms with E-state index in [-0.39, 0.29) is 6.04 Å². The molecule has 0 fully saturated rings. The Morgan fingerprint density at radius 3 is 2.78 bits per heavy atom. The van der Waals surface area contributed by atoms with Crippen LogP contribution in [0.5, 0.6) is 0 Å². The highest BCUT2D eigenvalue weighted by Crippen LogP contribution is 2.27. The van der Waals surface area contributed by atoms with Crippen molar-refractivity contribution in [2.75, 3.05) is 13.1 Å². The van der Waals surface area contributed by atoms with Crippen LogP contribution < -0.4 is 5.73 Å². The largest absolute Gasteiger partial charge is 0.472 e. The lowest BCUT2D eigenvalue weighted by atomic mass is 9.97. The molecule has 0 bridgehead atoms. The van der Waals surface area contributed by atoms with Gasteiger partial charge in [-0.15, -0.1) is 0 Å². The minimum absolute atomic E-state index is 0.261. The molecule has 1 aromatic heterocycles. The quantitative estimate of drug-likeness (QED) is 0.898. The maximum Gasteiger partial charge on any atom is 0.0950 e. The molecule has 2 N–H and O–H groups in total.